The molecule has 3 N–H and O–H groups in total. The van der Waals surface area contributed by atoms with Crippen LogP contribution < -0.4 is 15.8 Å². The van der Waals surface area contributed by atoms with Crippen LogP contribution in [0, 0.1) is 0 Å². The van der Waals surface area contributed by atoms with E-state index in [1.54, 1.807) is 0 Å². The Balaban J connectivity index is 1.58. The Morgan fingerprint density at radius 3 is 3.00 bits per heavy atom. The Bertz CT molecular complexity index is 469. The summed E-state index contributed by atoms with van der Waals surface area (Å²) in [6, 6.07) is 6.47. The van der Waals surface area contributed by atoms with Crippen molar-refractivity contribution in [2.24, 2.45) is 5.73 Å². The van der Waals surface area contributed by atoms with E-state index < -0.39 is 0 Å². The average molecular weight is 246 g/mol. The molecule has 0 heterocycles. The molecule has 1 fully saturated rings. The molecule has 96 valence electrons. The van der Waals surface area contributed by atoms with Crippen LogP contribution in [0.25, 0.3) is 0 Å². The minimum Gasteiger partial charge on any atom is -0.484 e. The van der Waals surface area contributed by atoms with Crippen molar-refractivity contribution >= 4 is 5.91 Å². The van der Waals surface area contributed by atoms with E-state index in [0.29, 0.717) is 6.04 Å². The maximum absolute atomic E-state index is 11.5. The molecule has 2 aliphatic carbocycles. The Labute approximate surface area is 107 Å². The number of fused-ring (bicyclic) bond motifs is 1. The molecule has 3 rings (SSSR count). The first-order valence-electron chi connectivity index (χ1n) is 6.53. The Kier molecular flexibility index (Phi) is 2.96. The number of ether oxygens (including phenoxy) is 1. The van der Waals surface area contributed by atoms with Gasteiger partial charge in [-0.2, -0.15) is 0 Å². The Hall–Kier alpha value is -1.55. The van der Waals surface area contributed by atoms with E-state index >= 15 is 0 Å². The molecule has 18 heavy (non-hydrogen) atoms. The molecule has 0 bridgehead atoms. The van der Waals surface area contributed by atoms with Gasteiger partial charge in [0.25, 0.3) is 5.91 Å². The average Bonchev–Trinajstić information content (AvgIpc) is 3.10. The highest BCUT2D eigenvalue weighted by atomic mass is 16.5. The van der Waals surface area contributed by atoms with Gasteiger partial charge in [-0.05, 0) is 48.9 Å². The first-order valence-corrected chi connectivity index (χ1v) is 6.53. The van der Waals surface area contributed by atoms with Gasteiger partial charge in [0.05, 0.1) is 0 Å². The molecule has 0 unspecified atom stereocenters. The number of rotatable bonds is 4. The van der Waals surface area contributed by atoms with Gasteiger partial charge in [-0.15, -0.1) is 0 Å². The number of nitrogens with two attached hydrogens (primary N) is 1. The summed E-state index contributed by atoms with van der Waals surface area (Å²) in [5.74, 6) is 0.725. The molecule has 0 aromatic heterocycles. The number of carbonyl (C=O) groups is 1. The molecule has 4 heteroatoms. The Morgan fingerprint density at radius 1 is 1.39 bits per heavy atom. The molecule has 0 aliphatic heterocycles. The van der Waals surface area contributed by atoms with Gasteiger partial charge in [0.1, 0.15) is 5.75 Å². The number of carbonyl (C=O) groups excluding carboxylic acids is 1. The standard InChI is InChI=1S/C14H18N2O2/c15-13-6-1-9-7-11(4-5-12(9)13)18-8-14(17)16-10-2-3-10/h4-5,7,10,13H,1-3,6,8,15H2,(H,16,17)/t13-/m0/s1. The fourth-order valence-corrected chi connectivity index (χ4v) is 2.36. The van der Waals surface area contributed by atoms with Crippen molar-refractivity contribution in [3.05, 3.63) is 29.3 Å². The van der Waals surface area contributed by atoms with Crippen LogP contribution in [0.15, 0.2) is 18.2 Å². The highest BCUT2D eigenvalue weighted by Crippen LogP contribution is 2.31. The second kappa shape index (κ2) is 4.61. The maximum atomic E-state index is 11.5. The van der Waals surface area contributed by atoms with Crippen molar-refractivity contribution in [2.75, 3.05) is 6.61 Å². The summed E-state index contributed by atoms with van der Waals surface area (Å²) in [4.78, 5) is 11.5. The first-order chi connectivity index (χ1) is 8.72. The minimum atomic E-state index is -0.0327. The second-order valence-corrected chi connectivity index (χ2v) is 5.14. The fourth-order valence-electron chi connectivity index (χ4n) is 2.36. The van der Waals surface area contributed by atoms with Crippen LogP contribution in [0.4, 0.5) is 0 Å². The number of hydrogen-bond acceptors (Lipinski definition) is 3. The molecule has 0 spiro atoms. The molecule has 1 aromatic rings. The van der Waals surface area contributed by atoms with Crippen molar-refractivity contribution in [1.82, 2.24) is 5.32 Å². The highest BCUT2D eigenvalue weighted by molar-refractivity contribution is 5.78. The van der Waals surface area contributed by atoms with Crippen molar-refractivity contribution in [1.29, 1.82) is 0 Å². The molecular weight excluding hydrogens is 228 g/mol. The summed E-state index contributed by atoms with van der Waals surface area (Å²) in [6.07, 6.45) is 4.20. The van der Waals surface area contributed by atoms with Gasteiger partial charge in [0.2, 0.25) is 0 Å². The van der Waals surface area contributed by atoms with Gasteiger partial charge < -0.3 is 15.8 Å². The van der Waals surface area contributed by atoms with Crippen LogP contribution >= 0.6 is 0 Å². The highest BCUT2D eigenvalue weighted by Gasteiger charge is 2.23. The maximum Gasteiger partial charge on any atom is 0.258 e. The van der Waals surface area contributed by atoms with Crippen molar-refractivity contribution in [3.8, 4) is 5.75 Å². The molecule has 2 aliphatic rings. The van der Waals surface area contributed by atoms with Crippen LogP contribution in [-0.4, -0.2) is 18.6 Å². The number of aryl methyl sites for hydroxylation is 1. The molecule has 4 nitrogen and oxygen atoms in total. The monoisotopic (exact) mass is 246 g/mol. The van der Waals surface area contributed by atoms with Gasteiger partial charge in [-0.1, -0.05) is 6.07 Å². The third-order valence-electron chi connectivity index (χ3n) is 3.55. The van der Waals surface area contributed by atoms with Crippen LogP contribution in [0.3, 0.4) is 0 Å². The second-order valence-electron chi connectivity index (χ2n) is 5.14. The third kappa shape index (κ3) is 2.48. The molecule has 1 atom stereocenters. The third-order valence-corrected chi connectivity index (χ3v) is 3.55. The van der Waals surface area contributed by atoms with Crippen molar-refractivity contribution < 1.29 is 9.53 Å². The normalized spacial score (nSPS) is 21.5. The molecule has 1 aromatic carbocycles. The summed E-state index contributed by atoms with van der Waals surface area (Å²) in [7, 11) is 0. The largest absolute Gasteiger partial charge is 0.484 e. The van der Waals surface area contributed by atoms with Gasteiger partial charge in [0.15, 0.2) is 6.61 Å². The van der Waals surface area contributed by atoms with E-state index in [2.05, 4.69) is 5.32 Å². The lowest BCUT2D eigenvalue weighted by Crippen LogP contribution is -2.30. The number of amides is 1. The SMILES string of the molecule is N[C@H]1CCc2cc(OCC(=O)NC3CC3)ccc21. The van der Waals surface area contributed by atoms with Crippen LogP contribution in [0.5, 0.6) is 5.75 Å². The zero-order chi connectivity index (χ0) is 12.5. The van der Waals surface area contributed by atoms with E-state index in [1.165, 1.54) is 11.1 Å². The summed E-state index contributed by atoms with van der Waals surface area (Å²) in [5.41, 5.74) is 8.44. The van der Waals surface area contributed by atoms with Gasteiger partial charge in [0, 0.05) is 12.1 Å². The molecular formula is C14H18N2O2. The van der Waals surface area contributed by atoms with E-state index in [9.17, 15) is 4.79 Å². The van der Waals surface area contributed by atoms with Crippen molar-refractivity contribution in [2.45, 2.75) is 37.8 Å². The molecule has 1 saturated carbocycles. The van der Waals surface area contributed by atoms with Gasteiger partial charge in [-0.25, -0.2) is 0 Å². The zero-order valence-corrected chi connectivity index (χ0v) is 10.3. The summed E-state index contributed by atoms with van der Waals surface area (Å²) in [5, 5.41) is 2.90. The quantitative estimate of drug-likeness (QED) is 0.841. The van der Waals surface area contributed by atoms with Crippen LogP contribution in [-0.2, 0) is 11.2 Å². The zero-order valence-electron chi connectivity index (χ0n) is 10.3. The predicted molar refractivity (Wildman–Crippen MR) is 68.4 cm³/mol. The van der Waals surface area contributed by atoms with E-state index in [1.807, 2.05) is 18.2 Å². The fraction of sp³-hybridized carbons (Fsp3) is 0.500. The number of nitrogens with one attached hydrogen (secondary N) is 1. The van der Waals surface area contributed by atoms with Crippen molar-refractivity contribution in [3.63, 3.8) is 0 Å². The summed E-state index contributed by atoms with van der Waals surface area (Å²) in [6.45, 7) is 0.0986. The molecule has 0 saturated heterocycles. The van der Waals surface area contributed by atoms with Gasteiger partial charge in [-0.3, -0.25) is 4.79 Å². The van der Waals surface area contributed by atoms with E-state index in [-0.39, 0.29) is 18.6 Å². The minimum absolute atomic E-state index is 0.0327. The van der Waals surface area contributed by atoms with Gasteiger partial charge >= 0.3 is 0 Å². The lowest BCUT2D eigenvalue weighted by molar-refractivity contribution is -0.123. The topological polar surface area (TPSA) is 64.3 Å². The predicted octanol–water partition coefficient (Wildman–Crippen LogP) is 1.29. The lowest BCUT2D eigenvalue weighted by Gasteiger charge is -2.09. The van der Waals surface area contributed by atoms with Crippen LogP contribution in [0.2, 0.25) is 0 Å². The summed E-state index contributed by atoms with van der Waals surface area (Å²) < 4.78 is 5.50. The van der Waals surface area contributed by atoms with E-state index in [0.717, 1.165) is 31.4 Å². The first kappa shape index (κ1) is 11.5. The molecule has 0 radical (unpaired) electrons. The summed E-state index contributed by atoms with van der Waals surface area (Å²) >= 11 is 0. The molecule has 1 amide bonds. The van der Waals surface area contributed by atoms with Crippen LogP contribution in [0.1, 0.15) is 36.4 Å². The number of hydrogen-bond donors (Lipinski definition) is 2. The Morgan fingerprint density at radius 2 is 2.22 bits per heavy atom. The number of benzene rings is 1. The lowest BCUT2D eigenvalue weighted by atomic mass is 10.1. The van der Waals surface area contributed by atoms with E-state index in [4.69, 9.17) is 10.5 Å². The smallest absolute Gasteiger partial charge is 0.258 e.